The standard InChI is InChI=1S/C21H29N3O2/c1-6-14-8-10-15(11-9-14)17-12-18(21(3,4)5)24-19(23-17)16(13-22-24)20(25)26-7-2/h8-11,13,17-18,23H,6-7,12H2,1-5H3/t17-,18+/m1/s1. The number of anilines is 1. The largest absolute Gasteiger partial charge is 0.462 e. The monoisotopic (exact) mass is 355 g/mol. The van der Waals surface area contributed by atoms with E-state index in [4.69, 9.17) is 4.74 Å². The molecular weight excluding hydrogens is 326 g/mol. The summed E-state index contributed by atoms with van der Waals surface area (Å²) in [6.07, 6.45) is 3.58. The topological polar surface area (TPSA) is 56.1 Å². The number of ether oxygens (including phenoxy) is 1. The van der Waals surface area contributed by atoms with Crippen molar-refractivity contribution in [3.8, 4) is 0 Å². The summed E-state index contributed by atoms with van der Waals surface area (Å²) in [5, 5.41) is 8.06. The van der Waals surface area contributed by atoms with E-state index in [9.17, 15) is 4.79 Å². The van der Waals surface area contributed by atoms with Gasteiger partial charge in [0.15, 0.2) is 0 Å². The first-order valence-electron chi connectivity index (χ1n) is 9.45. The minimum atomic E-state index is -0.323. The van der Waals surface area contributed by atoms with Crippen LogP contribution in [-0.4, -0.2) is 22.4 Å². The zero-order valence-electron chi connectivity index (χ0n) is 16.4. The molecular formula is C21H29N3O2. The van der Waals surface area contributed by atoms with E-state index in [2.05, 4.69) is 62.4 Å². The molecule has 0 bridgehead atoms. The van der Waals surface area contributed by atoms with E-state index < -0.39 is 0 Å². The number of nitrogens with zero attached hydrogens (tertiary/aromatic N) is 2. The average Bonchev–Trinajstić information content (AvgIpc) is 3.04. The van der Waals surface area contributed by atoms with E-state index in [-0.39, 0.29) is 23.5 Å². The summed E-state index contributed by atoms with van der Waals surface area (Å²) in [5.41, 5.74) is 3.10. The van der Waals surface area contributed by atoms with Gasteiger partial charge in [0.25, 0.3) is 0 Å². The molecule has 3 rings (SSSR count). The van der Waals surface area contributed by atoms with Gasteiger partial charge in [-0.15, -0.1) is 0 Å². The molecule has 140 valence electrons. The van der Waals surface area contributed by atoms with Crippen LogP contribution in [0, 0.1) is 5.41 Å². The van der Waals surface area contributed by atoms with Gasteiger partial charge in [0.05, 0.1) is 24.9 Å². The molecule has 1 aromatic carbocycles. The van der Waals surface area contributed by atoms with E-state index >= 15 is 0 Å². The van der Waals surface area contributed by atoms with Crippen molar-refractivity contribution in [1.82, 2.24) is 9.78 Å². The summed E-state index contributed by atoms with van der Waals surface area (Å²) in [5.74, 6) is 0.440. The SMILES string of the molecule is CCOC(=O)c1cnn2c1N[C@@H](c1ccc(CC)cc1)C[C@H]2C(C)(C)C. The van der Waals surface area contributed by atoms with E-state index in [0.717, 1.165) is 18.7 Å². The van der Waals surface area contributed by atoms with Gasteiger partial charge in [-0.2, -0.15) is 5.10 Å². The molecule has 2 atom stereocenters. The molecule has 2 heterocycles. The Balaban J connectivity index is 1.99. The Labute approximate surface area is 155 Å². The van der Waals surface area contributed by atoms with Crippen LogP contribution in [0.4, 0.5) is 5.82 Å². The number of aromatic nitrogens is 2. The second kappa shape index (κ2) is 7.14. The van der Waals surface area contributed by atoms with Gasteiger partial charge in [-0.1, -0.05) is 52.0 Å². The number of benzene rings is 1. The van der Waals surface area contributed by atoms with Gasteiger partial charge < -0.3 is 10.1 Å². The molecule has 0 unspecified atom stereocenters. The first kappa shape index (κ1) is 18.5. The molecule has 0 aliphatic carbocycles. The third-order valence-corrected chi connectivity index (χ3v) is 5.15. The van der Waals surface area contributed by atoms with E-state index in [1.807, 2.05) is 11.6 Å². The van der Waals surface area contributed by atoms with Crippen molar-refractivity contribution in [3.63, 3.8) is 0 Å². The molecule has 0 amide bonds. The van der Waals surface area contributed by atoms with Gasteiger partial charge in [-0.25, -0.2) is 9.48 Å². The van der Waals surface area contributed by atoms with Crippen LogP contribution in [0.15, 0.2) is 30.5 Å². The van der Waals surface area contributed by atoms with Crippen molar-refractivity contribution in [1.29, 1.82) is 0 Å². The van der Waals surface area contributed by atoms with Crippen molar-refractivity contribution in [3.05, 3.63) is 47.2 Å². The molecule has 2 aromatic rings. The fourth-order valence-electron chi connectivity index (χ4n) is 3.57. The summed E-state index contributed by atoms with van der Waals surface area (Å²) >= 11 is 0. The summed E-state index contributed by atoms with van der Waals surface area (Å²) in [4.78, 5) is 12.3. The van der Waals surface area contributed by atoms with Crippen molar-refractivity contribution >= 4 is 11.8 Å². The van der Waals surface area contributed by atoms with Crippen molar-refractivity contribution in [2.24, 2.45) is 5.41 Å². The van der Waals surface area contributed by atoms with Gasteiger partial charge in [-0.3, -0.25) is 0 Å². The summed E-state index contributed by atoms with van der Waals surface area (Å²) in [6.45, 7) is 11.0. The maximum atomic E-state index is 12.3. The van der Waals surface area contributed by atoms with Crippen molar-refractivity contribution in [2.45, 2.75) is 59.5 Å². The lowest BCUT2D eigenvalue weighted by atomic mass is 9.80. The molecule has 0 spiro atoms. The number of carbonyl (C=O) groups excluding carboxylic acids is 1. The summed E-state index contributed by atoms with van der Waals surface area (Å²) < 4.78 is 7.17. The maximum Gasteiger partial charge on any atom is 0.343 e. The van der Waals surface area contributed by atoms with Crippen LogP contribution in [0.1, 0.15) is 74.6 Å². The van der Waals surface area contributed by atoms with Crippen LogP contribution in [0.3, 0.4) is 0 Å². The number of fused-ring (bicyclic) bond motifs is 1. The fraction of sp³-hybridized carbons (Fsp3) is 0.524. The molecule has 5 nitrogen and oxygen atoms in total. The summed E-state index contributed by atoms with van der Waals surface area (Å²) in [7, 11) is 0. The van der Waals surface area contributed by atoms with E-state index in [1.54, 1.807) is 6.20 Å². The van der Waals surface area contributed by atoms with Crippen LogP contribution in [0.25, 0.3) is 0 Å². The third kappa shape index (κ3) is 3.48. The molecule has 0 radical (unpaired) electrons. The van der Waals surface area contributed by atoms with Gasteiger partial charge in [0, 0.05) is 0 Å². The Morgan fingerprint density at radius 2 is 1.96 bits per heavy atom. The molecule has 0 saturated carbocycles. The van der Waals surface area contributed by atoms with Crippen LogP contribution in [-0.2, 0) is 11.2 Å². The second-order valence-corrected chi connectivity index (χ2v) is 7.98. The Morgan fingerprint density at radius 3 is 2.54 bits per heavy atom. The Bertz CT molecular complexity index is 772. The highest BCUT2D eigenvalue weighted by atomic mass is 16.5. The normalized spacial score (nSPS) is 19.6. The number of hydrogen-bond donors (Lipinski definition) is 1. The van der Waals surface area contributed by atoms with E-state index in [1.165, 1.54) is 11.1 Å². The molecule has 1 aliphatic rings. The minimum Gasteiger partial charge on any atom is -0.462 e. The Kier molecular flexibility index (Phi) is 5.08. The molecule has 1 aromatic heterocycles. The van der Waals surface area contributed by atoms with Gasteiger partial charge in [-0.05, 0) is 36.3 Å². The van der Waals surface area contributed by atoms with Gasteiger partial charge in [0.1, 0.15) is 11.4 Å². The number of rotatable bonds is 4. The Morgan fingerprint density at radius 1 is 1.27 bits per heavy atom. The van der Waals surface area contributed by atoms with Crippen LogP contribution in [0.2, 0.25) is 0 Å². The number of hydrogen-bond acceptors (Lipinski definition) is 4. The lowest BCUT2D eigenvalue weighted by Crippen LogP contribution is -2.34. The number of aryl methyl sites for hydroxylation is 1. The predicted molar refractivity (Wildman–Crippen MR) is 103 cm³/mol. The zero-order valence-corrected chi connectivity index (χ0v) is 16.4. The summed E-state index contributed by atoms with van der Waals surface area (Å²) in [6, 6.07) is 9.07. The number of nitrogens with one attached hydrogen (secondary N) is 1. The zero-order chi connectivity index (χ0) is 18.9. The highest BCUT2D eigenvalue weighted by Crippen LogP contribution is 2.44. The van der Waals surface area contributed by atoms with Crippen molar-refractivity contribution < 1.29 is 9.53 Å². The quantitative estimate of drug-likeness (QED) is 0.803. The first-order valence-corrected chi connectivity index (χ1v) is 9.45. The average molecular weight is 355 g/mol. The highest BCUT2D eigenvalue weighted by molar-refractivity contribution is 5.94. The third-order valence-electron chi connectivity index (χ3n) is 5.15. The van der Waals surface area contributed by atoms with Crippen LogP contribution >= 0.6 is 0 Å². The maximum absolute atomic E-state index is 12.3. The molecule has 5 heteroatoms. The number of esters is 1. The Hall–Kier alpha value is -2.30. The molecule has 26 heavy (non-hydrogen) atoms. The van der Waals surface area contributed by atoms with Gasteiger partial charge in [0.2, 0.25) is 0 Å². The lowest BCUT2D eigenvalue weighted by molar-refractivity contribution is 0.0526. The highest BCUT2D eigenvalue weighted by Gasteiger charge is 2.37. The lowest BCUT2D eigenvalue weighted by Gasteiger charge is -2.39. The minimum absolute atomic E-state index is 0.0242. The van der Waals surface area contributed by atoms with E-state index in [0.29, 0.717) is 12.2 Å². The van der Waals surface area contributed by atoms with Gasteiger partial charge >= 0.3 is 5.97 Å². The molecule has 0 fully saturated rings. The predicted octanol–water partition coefficient (Wildman–Crippen LogP) is 4.77. The van der Waals surface area contributed by atoms with Crippen LogP contribution < -0.4 is 5.32 Å². The van der Waals surface area contributed by atoms with Crippen LogP contribution in [0.5, 0.6) is 0 Å². The molecule has 0 saturated heterocycles. The molecule has 1 N–H and O–H groups in total. The smallest absolute Gasteiger partial charge is 0.343 e. The first-order chi connectivity index (χ1) is 12.3. The molecule has 1 aliphatic heterocycles. The second-order valence-electron chi connectivity index (χ2n) is 7.98. The fourth-order valence-corrected chi connectivity index (χ4v) is 3.57. The number of carbonyl (C=O) groups is 1. The van der Waals surface area contributed by atoms with Crippen molar-refractivity contribution in [2.75, 3.05) is 11.9 Å².